The molecule has 1 fully saturated rings. The molecule has 3 rings (SSSR count). The van der Waals surface area contributed by atoms with E-state index >= 15 is 0 Å². The highest BCUT2D eigenvalue weighted by atomic mass is 16.3. The number of aliphatic hydroxyl groups is 1. The molecule has 0 saturated carbocycles. The van der Waals surface area contributed by atoms with Gasteiger partial charge in [0.25, 0.3) is 0 Å². The van der Waals surface area contributed by atoms with Gasteiger partial charge in [-0.2, -0.15) is 0 Å². The summed E-state index contributed by atoms with van der Waals surface area (Å²) in [5.41, 5.74) is 3.25. The van der Waals surface area contributed by atoms with Crippen LogP contribution in [0.4, 0.5) is 0 Å². The maximum Gasteiger partial charge on any atom is 0.222 e. The van der Waals surface area contributed by atoms with E-state index in [1.165, 1.54) is 5.56 Å². The molecular formula is C22H29N3O2. The highest BCUT2D eigenvalue weighted by Gasteiger charge is 2.29. The van der Waals surface area contributed by atoms with Gasteiger partial charge >= 0.3 is 0 Å². The number of benzene rings is 1. The van der Waals surface area contributed by atoms with Crippen molar-refractivity contribution >= 4 is 5.91 Å². The van der Waals surface area contributed by atoms with Gasteiger partial charge in [-0.15, -0.1) is 0 Å². The molecule has 27 heavy (non-hydrogen) atoms. The molecule has 5 nitrogen and oxygen atoms in total. The Morgan fingerprint density at radius 3 is 2.70 bits per heavy atom. The van der Waals surface area contributed by atoms with Crippen LogP contribution in [0.15, 0.2) is 48.5 Å². The van der Waals surface area contributed by atoms with E-state index in [-0.39, 0.29) is 18.6 Å². The van der Waals surface area contributed by atoms with E-state index in [0.717, 1.165) is 37.4 Å². The monoisotopic (exact) mass is 367 g/mol. The number of piperazine rings is 1. The maximum atomic E-state index is 12.7. The third-order valence-electron chi connectivity index (χ3n) is 5.20. The first-order valence-corrected chi connectivity index (χ1v) is 9.75. The van der Waals surface area contributed by atoms with E-state index in [1.54, 1.807) is 0 Å². The van der Waals surface area contributed by atoms with Crippen molar-refractivity contribution in [1.82, 2.24) is 14.8 Å². The van der Waals surface area contributed by atoms with Gasteiger partial charge in [-0.25, -0.2) is 0 Å². The summed E-state index contributed by atoms with van der Waals surface area (Å²) >= 11 is 0. The minimum absolute atomic E-state index is 0.133. The summed E-state index contributed by atoms with van der Waals surface area (Å²) in [4.78, 5) is 21.6. The zero-order valence-corrected chi connectivity index (χ0v) is 16.1. The summed E-state index contributed by atoms with van der Waals surface area (Å²) in [7, 11) is 0. The molecule has 0 radical (unpaired) electrons. The summed E-state index contributed by atoms with van der Waals surface area (Å²) in [6, 6.07) is 16.4. The van der Waals surface area contributed by atoms with Gasteiger partial charge < -0.3 is 10.0 Å². The van der Waals surface area contributed by atoms with E-state index in [0.29, 0.717) is 19.4 Å². The molecule has 1 saturated heterocycles. The summed E-state index contributed by atoms with van der Waals surface area (Å²) in [5.74, 6) is 0.204. The number of aryl methyl sites for hydroxylation is 2. The molecule has 144 valence electrons. The first kappa shape index (κ1) is 19.5. The Kier molecular flexibility index (Phi) is 6.96. The van der Waals surface area contributed by atoms with Crippen molar-refractivity contribution in [3.05, 3.63) is 65.5 Å². The SMILES string of the molecule is Cc1cccc(CN2CCN(C(=O)CCc3ccccc3)CC2CCO)n1. The van der Waals surface area contributed by atoms with E-state index in [1.807, 2.05) is 48.2 Å². The molecule has 1 aromatic heterocycles. The number of aliphatic hydroxyl groups excluding tert-OH is 1. The van der Waals surface area contributed by atoms with Gasteiger partial charge in [-0.1, -0.05) is 36.4 Å². The van der Waals surface area contributed by atoms with Gasteiger partial charge in [0.1, 0.15) is 0 Å². The van der Waals surface area contributed by atoms with Crippen LogP contribution in [0.5, 0.6) is 0 Å². The van der Waals surface area contributed by atoms with E-state index < -0.39 is 0 Å². The van der Waals surface area contributed by atoms with Crippen molar-refractivity contribution in [2.24, 2.45) is 0 Å². The zero-order valence-electron chi connectivity index (χ0n) is 16.1. The second kappa shape index (κ2) is 9.62. The van der Waals surface area contributed by atoms with Crippen molar-refractivity contribution < 1.29 is 9.90 Å². The van der Waals surface area contributed by atoms with Crippen LogP contribution in [0.2, 0.25) is 0 Å². The number of aromatic nitrogens is 1. The van der Waals surface area contributed by atoms with Gasteiger partial charge in [-0.05, 0) is 37.5 Å². The lowest BCUT2D eigenvalue weighted by molar-refractivity contribution is -0.134. The molecule has 1 aliphatic heterocycles. The van der Waals surface area contributed by atoms with Crippen molar-refractivity contribution in [2.45, 2.75) is 38.8 Å². The topological polar surface area (TPSA) is 56.7 Å². The molecule has 1 amide bonds. The molecule has 0 spiro atoms. The van der Waals surface area contributed by atoms with Crippen LogP contribution in [-0.2, 0) is 17.8 Å². The minimum Gasteiger partial charge on any atom is -0.396 e. The first-order chi connectivity index (χ1) is 13.2. The minimum atomic E-state index is 0.133. The predicted molar refractivity (Wildman–Crippen MR) is 106 cm³/mol. The Morgan fingerprint density at radius 2 is 1.96 bits per heavy atom. The average Bonchev–Trinajstić information content (AvgIpc) is 2.68. The predicted octanol–water partition coefficient (Wildman–Crippen LogP) is 2.42. The fraction of sp³-hybridized carbons (Fsp3) is 0.455. The Hall–Kier alpha value is -2.24. The van der Waals surface area contributed by atoms with Gasteiger partial charge in [0.2, 0.25) is 5.91 Å². The normalized spacial score (nSPS) is 17.9. The van der Waals surface area contributed by atoms with Gasteiger partial charge in [0.05, 0.1) is 5.69 Å². The molecule has 0 bridgehead atoms. The lowest BCUT2D eigenvalue weighted by atomic mass is 10.1. The second-order valence-electron chi connectivity index (χ2n) is 7.23. The standard InChI is InChI=1S/C22H29N3O2/c1-18-6-5-9-20(23-18)16-24-13-14-25(17-21(24)12-15-26)22(27)11-10-19-7-3-2-4-8-19/h2-9,21,26H,10-17H2,1H3. The highest BCUT2D eigenvalue weighted by molar-refractivity contribution is 5.76. The third-order valence-corrected chi connectivity index (χ3v) is 5.20. The van der Waals surface area contributed by atoms with Crippen molar-refractivity contribution in [3.63, 3.8) is 0 Å². The Labute approximate surface area is 161 Å². The van der Waals surface area contributed by atoms with E-state index in [4.69, 9.17) is 0 Å². The molecule has 2 heterocycles. The van der Waals surface area contributed by atoms with Crippen LogP contribution in [0, 0.1) is 6.92 Å². The highest BCUT2D eigenvalue weighted by Crippen LogP contribution is 2.17. The molecule has 2 aromatic rings. The number of hydrogen-bond acceptors (Lipinski definition) is 4. The molecule has 1 N–H and O–H groups in total. The zero-order chi connectivity index (χ0) is 19.1. The van der Waals surface area contributed by atoms with Crippen molar-refractivity contribution in [1.29, 1.82) is 0 Å². The lowest BCUT2D eigenvalue weighted by Crippen LogP contribution is -2.54. The van der Waals surface area contributed by atoms with Crippen molar-refractivity contribution in [2.75, 3.05) is 26.2 Å². The lowest BCUT2D eigenvalue weighted by Gasteiger charge is -2.41. The van der Waals surface area contributed by atoms with E-state index in [2.05, 4.69) is 22.0 Å². The molecule has 1 unspecified atom stereocenters. The number of rotatable bonds is 7. The smallest absolute Gasteiger partial charge is 0.222 e. The largest absolute Gasteiger partial charge is 0.396 e. The number of carbonyl (C=O) groups is 1. The van der Waals surface area contributed by atoms with Crippen LogP contribution in [-0.4, -0.2) is 58.1 Å². The number of nitrogens with zero attached hydrogens (tertiary/aromatic N) is 3. The summed E-state index contributed by atoms with van der Waals surface area (Å²) < 4.78 is 0. The molecule has 1 aromatic carbocycles. The fourth-order valence-electron chi connectivity index (χ4n) is 3.70. The van der Waals surface area contributed by atoms with E-state index in [9.17, 15) is 9.90 Å². The Morgan fingerprint density at radius 1 is 1.15 bits per heavy atom. The van der Waals surface area contributed by atoms with Crippen LogP contribution in [0.3, 0.4) is 0 Å². The quantitative estimate of drug-likeness (QED) is 0.817. The molecule has 5 heteroatoms. The number of amides is 1. The van der Waals surface area contributed by atoms with Crippen LogP contribution >= 0.6 is 0 Å². The van der Waals surface area contributed by atoms with Gasteiger partial charge in [0, 0.05) is 50.9 Å². The van der Waals surface area contributed by atoms with Crippen LogP contribution in [0.25, 0.3) is 0 Å². The van der Waals surface area contributed by atoms with Crippen molar-refractivity contribution in [3.8, 4) is 0 Å². The number of hydrogen-bond donors (Lipinski definition) is 1. The summed E-state index contributed by atoms with van der Waals surface area (Å²) in [5, 5.41) is 9.48. The Bertz CT molecular complexity index is 735. The first-order valence-electron chi connectivity index (χ1n) is 9.75. The van der Waals surface area contributed by atoms with Gasteiger partial charge in [-0.3, -0.25) is 14.7 Å². The number of pyridine rings is 1. The van der Waals surface area contributed by atoms with Crippen LogP contribution in [0.1, 0.15) is 29.8 Å². The molecule has 1 atom stereocenters. The third kappa shape index (κ3) is 5.62. The summed E-state index contributed by atoms with van der Waals surface area (Å²) in [6.07, 6.45) is 1.99. The number of carbonyl (C=O) groups excluding carboxylic acids is 1. The second-order valence-corrected chi connectivity index (χ2v) is 7.23. The van der Waals surface area contributed by atoms with Gasteiger partial charge in [0.15, 0.2) is 0 Å². The Balaban J connectivity index is 1.57. The molecule has 1 aliphatic rings. The maximum absolute atomic E-state index is 12.7. The van der Waals surface area contributed by atoms with Crippen LogP contribution < -0.4 is 0 Å². The molecule has 0 aliphatic carbocycles. The average molecular weight is 367 g/mol. The summed E-state index contributed by atoms with van der Waals surface area (Å²) in [6.45, 7) is 5.13. The molecular weight excluding hydrogens is 338 g/mol. The fourth-order valence-corrected chi connectivity index (χ4v) is 3.70.